The number of urea groups is 1. The second kappa shape index (κ2) is 8.08. The van der Waals surface area contributed by atoms with Gasteiger partial charge in [0.1, 0.15) is 28.8 Å². The van der Waals surface area contributed by atoms with Gasteiger partial charge in [-0.05, 0) is 48.7 Å². The molecule has 2 aromatic rings. The highest BCUT2D eigenvalue weighted by Gasteiger charge is 2.51. The average Bonchev–Trinajstić information content (AvgIpc) is 2.93. The molecule has 3 rings (SSSR count). The van der Waals surface area contributed by atoms with Gasteiger partial charge in [0.05, 0.1) is 7.11 Å². The Morgan fingerprint density at radius 3 is 2.69 bits per heavy atom. The van der Waals surface area contributed by atoms with Crippen LogP contribution in [0.1, 0.15) is 24.5 Å². The molecule has 0 radical (unpaired) electrons. The highest BCUT2D eigenvalue weighted by Crippen LogP contribution is 2.34. The molecule has 2 heterocycles. The Balaban J connectivity index is 1.82. The van der Waals surface area contributed by atoms with Gasteiger partial charge in [-0.3, -0.25) is 14.5 Å². The van der Waals surface area contributed by atoms with E-state index in [1.54, 1.807) is 50.4 Å². The second-order valence-corrected chi connectivity index (χ2v) is 7.05. The number of benzene rings is 1. The molecule has 2 N–H and O–H groups in total. The number of rotatable bonds is 6. The fraction of sp³-hybridized carbons (Fsp3) is 0.300. The number of imide groups is 1. The van der Waals surface area contributed by atoms with Crippen molar-refractivity contribution in [3.63, 3.8) is 0 Å². The van der Waals surface area contributed by atoms with Crippen molar-refractivity contribution in [3.8, 4) is 5.75 Å². The summed E-state index contributed by atoms with van der Waals surface area (Å²) in [5.74, 6) is -0.117. The van der Waals surface area contributed by atoms with E-state index < -0.39 is 29.9 Å². The van der Waals surface area contributed by atoms with Crippen molar-refractivity contribution in [2.75, 3.05) is 19.0 Å². The zero-order valence-corrected chi connectivity index (χ0v) is 17.0. The largest absolute Gasteiger partial charge is 0.496 e. The minimum atomic E-state index is -1.23. The highest BCUT2D eigenvalue weighted by atomic mass is 35.5. The Morgan fingerprint density at radius 2 is 2.07 bits per heavy atom. The number of aryl methyl sites for hydroxylation is 1. The van der Waals surface area contributed by atoms with Gasteiger partial charge in [0.15, 0.2) is 0 Å². The first kappa shape index (κ1) is 20.6. The van der Waals surface area contributed by atoms with Crippen molar-refractivity contribution in [1.82, 2.24) is 15.2 Å². The van der Waals surface area contributed by atoms with Crippen molar-refractivity contribution in [3.05, 3.63) is 52.7 Å². The quantitative estimate of drug-likeness (QED) is 0.557. The minimum Gasteiger partial charge on any atom is -0.496 e. The number of aromatic nitrogens is 1. The standard InChI is InChI=1S/C20H21ClN4O4/c1-4-20(13-8-9-14(29-3)12(2)10-13)18(27)25(19(28)24-20)11-17(26)23-16-7-5-6-15(21)22-16/h5-10H,4,11H2,1-3H3,(H,24,28)(H,22,23,26). The van der Waals surface area contributed by atoms with Gasteiger partial charge >= 0.3 is 6.03 Å². The summed E-state index contributed by atoms with van der Waals surface area (Å²) in [7, 11) is 1.56. The van der Waals surface area contributed by atoms with Crippen molar-refractivity contribution in [2.24, 2.45) is 0 Å². The van der Waals surface area contributed by atoms with Gasteiger partial charge in [-0.15, -0.1) is 0 Å². The number of halogens is 1. The van der Waals surface area contributed by atoms with Crippen molar-refractivity contribution in [1.29, 1.82) is 0 Å². The van der Waals surface area contributed by atoms with Gasteiger partial charge in [0.25, 0.3) is 5.91 Å². The molecule has 0 spiro atoms. The third-order valence-electron chi connectivity index (χ3n) is 4.88. The molecule has 1 aliphatic rings. The van der Waals surface area contributed by atoms with Gasteiger partial charge in [0, 0.05) is 0 Å². The number of carbonyl (C=O) groups is 3. The zero-order valence-electron chi connectivity index (χ0n) is 16.3. The molecule has 29 heavy (non-hydrogen) atoms. The molecule has 9 heteroatoms. The van der Waals surface area contributed by atoms with Crippen LogP contribution in [-0.4, -0.2) is 41.4 Å². The van der Waals surface area contributed by atoms with Crippen molar-refractivity contribution >= 4 is 35.3 Å². The number of amides is 4. The lowest BCUT2D eigenvalue weighted by atomic mass is 9.86. The van der Waals surface area contributed by atoms with Crippen molar-refractivity contribution < 1.29 is 19.1 Å². The van der Waals surface area contributed by atoms with E-state index in [0.29, 0.717) is 17.7 Å². The van der Waals surface area contributed by atoms with Crippen LogP contribution in [0.3, 0.4) is 0 Å². The molecule has 4 amide bonds. The molecule has 0 aliphatic carbocycles. The Morgan fingerprint density at radius 1 is 1.31 bits per heavy atom. The first-order valence-corrected chi connectivity index (χ1v) is 9.40. The van der Waals surface area contributed by atoms with E-state index in [-0.39, 0.29) is 11.0 Å². The fourth-order valence-electron chi connectivity index (χ4n) is 3.36. The SMILES string of the molecule is CCC1(c2ccc(OC)c(C)c2)NC(=O)N(CC(=O)Nc2cccc(Cl)n2)C1=O. The zero-order chi connectivity index (χ0) is 21.2. The lowest BCUT2D eigenvalue weighted by Gasteiger charge is -2.26. The number of nitrogens with zero attached hydrogens (tertiary/aromatic N) is 2. The average molecular weight is 417 g/mol. The number of nitrogens with one attached hydrogen (secondary N) is 2. The topological polar surface area (TPSA) is 101 Å². The smallest absolute Gasteiger partial charge is 0.325 e. The van der Waals surface area contributed by atoms with E-state index in [2.05, 4.69) is 15.6 Å². The Hall–Kier alpha value is -3.13. The molecule has 152 valence electrons. The first-order valence-electron chi connectivity index (χ1n) is 9.02. The molecular weight excluding hydrogens is 396 g/mol. The molecule has 1 aromatic heterocycles. The van der Waals surface area contributed by atoms with Gasteiger partial charge in [-0.25, -0.2) is 9.78 Å². The maximum absolute atomic E-state index is 13.2. The third-order valence-corrected chi connectivity index (χ3v) is 5.09. The maximum Gasteiger partial charge on any atom is 0.325 e. The molecule has 1 saturated heterocycles. The van der Waals surface area contributed by atoms with Crippen LogP contribution < -0.4 is 15.4 Å². The fourth-order valence-corrected chi connectivity index (χ4v) is 3.52. The number of hydrogen-bond acceptors (Lipinski definition) is 5. The number of hydrogen-bond donors (Lipinski definition) is 2. The molecule has 1 aliphatic heterocycles. The molecular formula is C20H21ClN4O4. The van der Waals surface area contributed by atoms with E-state index in [9.17, 15) is 14.4 Å². The van der Waals surface area contributed by atoms with Crippen LogP contribution in [0.15, 0.2) is 36.4 Å². The highest BCUT2D eigenvalue weighted by molar-refractivity contribution is 6.29. The molecule has 0 saturated carbocycles. The summed E-state index contributed by atoms with van der Waals surface area (Å²) in [5.41, 5.74) is 0.238. The van der Waals surface area contributed by atoms with Crippen LogP contribution in [-0.2, 0) is 15.1 Å². The van der Waals surface area contributed by atoms with Gasteiger partial charge in [0.2, 0.25) is 5.91 Å². The number of methoxy groups -OCH3 is 1. The van der Waals surface area contributed by atoms with E-state index >= 15 is 0 Å². The molecule has 1 unspecified atom stereocenters. The summed E-state index contributed by atoms with van der Waals surface area (Å²) >= 11 is 5.80. The molecule has 1 fully saturated rings. The third kappa shape index (κ3) is 3.88. The van der Waals surface area contributed by atoms with Crippen LogP contribution in [0.2, 0.25) is 5.15 Å². The monoisotopic (exact) mass is 416 g/mol. The Labute approximate surface area is 173 Å². The second-order valence-electron chi connectivity index (χ2n) is 6.66. The molecule has 1 aromatic carbocycles. The molecule has 8 nitrogen and oxygen atoms in total. The summed E-state index contributed by atoms with van der Waals surface area (Å²) in [5, 5.41) is 5.51. The van der Waals surface area contributed by atoms with Crippen LogP contribution in [0, 0.1) is 6.92 Å². The van der Waals surface area contributed by atoms with Crippen LogP contribution in [0.5, 0.6) is 5.75 Å². The number of ether oxygens (including phenoxy) is 1. The van der Waals surface area contributed by atoms with E-state index in [1.807, 2.05) is 6.92 Å². The number of pyridine rings is 1. The first-order chi connectivity index (χ1) is 13.8. The van der Waals surface area contributed by atoms with Crippen LogP contribution in [0.4, 0.5) is 10.6 Å². The van der Waals surface area contributed by atoms with Crippen LogP contribution >= 0.6 is 11.6 Å². The lowest BCUT2D eigenvalue weighted by molar-refractivity contribution is -0.134. The van der Waals surface area contributed by atoms with Gasteiger partial charge in [-0.2, -0.15) is 0 Å². The van der Waals surface area contributed by atoms with E-state index in [0.717, 1.165) is 10.5 Å². The van der Waals surface area contributed by atoms with E-state index in [4.69, 9.17) is 16.3 Å². The van der Waals surface area contributed by atoms with Crippen molar-refractivity contribution in [2.45, 2.75) is 25.8 Å². The summed E-state index contributed by atoms with van der Waals surface area (Å²) in [6.07, 6.45) is 0.331. The molecule has 1 atom stereocenters. The Kier molecular flexibility index (Phi) is 5.74. The predicted octanol–water partition coefficient (Wildman–Crippen LogP) is 2.85. The predicted molar refractivity (Wildman–Crippen MR) is 108 cm³/mol. The summed E-state index contributed by atoms with van der Waals surface area (Å²) in [6, 6.07) is 9.44. The maximum atomic E-state index is 13.2. The Bertz CT molecular complexity index is 981. The van der Waals surface area contributed by atoms with Gasteiger partial charge in [-0.1, -0.05) is 30.7 Å². The summed E-state index contributed by atoms with van der Waals surface area (Å²) < 4.78 is 5.26. The lowest BCUT2D eigenvalue weighted by Crippen LogP contribution is -2.44. The summed E-state index contributed by atoms with van der Waals surface area (Å²) in [4.78, 5) is 42.9. The molecule has 0 bridgehead atoms. The van der Waals surface area contributed by atoms with Gasteiger partial charge < -0.3 is 15.4 Å². The minimum absolute atomic E-state index is 0.220. The normalized spacial score (nSPS) is 18.6. The summed E-state index contributed by atoms with van der Waals surface area (Å²) in [6.45, 7) is 3.23. The van der Waals surface area contributed by atoms with Crippen LogP contribution in [0.25, 0.3) is 0 Å². The number of anilines is 1. The number of carbonyl (C=O) groups excluding carboxylic acids is 3. The van der Waals surface area contributed by atoms with E-state index in [1.165, 1.54) is 0 Å².